The lowest BCUT2D eigenvalue weighted by Gasteiger charge is -2.43. The molecule has 2 rings (SSSR count). The van der Waals surface area contributed by atoms with Gasteiger partial charge in [-0.15, -0.1) is 0 Å². The summed E-state index contributed by atoms with van der Waals surface area (Å²) >= 11 is 0. The molecular formula is C15H30N2. The predicted molar refractivity (Wildman–Crippen MR) is 74.2 cm³/mol. The van der Waals surface area contributed by atoms with Crippen molar-refractivity contribution in [3.8, 4) is 0 Å². The van der Waals surface area contributed by atoms with E-state index in [0.717, 1.165) is 23.9 Å². The lowest BCUT2D eigenvalue weighted by Crippen LogP contribution is -2.51. The second-order valence-corrected chi connectivity index (χ2v) is 6.29. The third kappa shape index (κ3) is 3.23. The molecule has 1 aliphatic heterocycles. The molecule has 1 saturated heterocycles. The average Bonchev–Trinajstić information content (AvgIpc) is 2.39. The largest absolute Gasteiger partial charge is 0.317 e. The van der Waals surface area contributed by atoms with Crippen LogP contribution >= 0.6 is 0 Å². The highest BCUT2D eigenvalue weighted by Gasteiger charge is 2.31. The summed E-state index contributed by atoms with van der Waals surface area (Å²) in [5, 5.41) is 3.47. The summed E-state index contributed by atoms with van der Waals surface area (Å²) in [6.45, 7) is 7.47. The van der Waals surface area contributed by atoms with Gasteiger partial charge in [-0.2, -0.15) is 0 Å². The van der Waals surface area contributed by atoms with Gasteiger partial charge in [0.25, 0.3) is 0 Å². The average molecular weight is 238 g/mol. The Bertz CT molecular complexity index is 223. The minimum atomic E-state index is 0.741. The first kappa shape index (κ1) is 13.4. The molecule has 2 fully saturated rings. The number of nitrogens with one attached hydrogen (secondary N) is 1. The minimum absolute atomic E-state index is 0.741. The summed E-state index contributed by atoms with van der Waals surface area (Å²) < 4.78 is 0. The second kappa shape index (κ2) is 6.19. The number of hydrogen-bond donors (Lipinski definition) is 1. The molecule has 0 aromatic carbocycles. The molecule has 3 atom stereocenters. The van der Waals surface area contributed by atoms with Gasteiger partial charge in [0, 0.05) is 18.6 Å². The Kier molecular flexibility index (Phi) is 4.87. The molecule has 0 spiro atoms. The van der Waals surface area contributed by atoms with Gasteiger partial charge in [0.05, 0.1) is 0 Å². The molecule has 0 aromatic rings. The molecule has 1 heterocycles. The van der Waals surface area contributed by atoms with E-state index in [1.807, 2.05) is 0 Å². The third-order valence-corrected chi connectivity index (χ3v) is 5.22. The first-order chi connectivity index (χ1) is 8.22. The van der Waals surface area contributed by atoms with Gasteiger partial charge in [-0.3, -0.25) is 0 Å². The monoisotopic (exact) mass is 238 g/mol. The lowest BCUT2D eigenvalue weighted by molar-refractivity contribution is 0.0716. The SMILES string of the molecule is CNC1CCN(C(C)C2CCCCC2)CC1C. The van der Waals surface area contributed by atoms with Gasteiger partial charge >= 0.3 is 0 Å². The molecule has 100 valence electrons. The maximum Gasteiger partial charge on any atom is 0.0114 e. The quantitative estimate of drug-likeness (QED) is 0.813. The van der Waals surface area contributed by atoms with E-state index in [9.17, 15) is 0 Å². The summed E-state index contributed by atoms with van der Waals surface area (Å²) in [4.78, 5) is 2.76. The van der Waals surface area contributed by atoms with Crippen molar-refractivity contribution in [2.75, 3.05) is 20.1 Å². The van der Waals surface area contributed by atoms with E-state index in [2.05, 4.69) is 31.1 Å². The van der Waals surface area contributed by atoms with Crippen molar-refractivity contribution in [1.29, 1.82) is 0 Å². The molecule has 0 amide bonds. The maximum absolute atomic E-state index is 3.47. The summed E-state index contributed by atoms with van der Waals surface area (Å²) in [5.74, 6) is 1.78. The number of hydrogen-bond acceptors (Lipinski definition) is 2. The highest BCUT2D eigenvalue weighted by Crippen LogP contribution is 2.30. The van der Waals surface area contributed by atoms with E-state index in [0.29, 0.717) is 0 Å². The smallest absolute Gasteiger partial charge is 0.0114 e. The third-order valence-electron chi connectivity index (χ3n) is 5.22. The van der Waals surface area contributed by atoms with Crippen molar-refractivity contribution in [3.63, 3.8) is 0 Å². The van der Waals surface area contributed by atoms with Crippen molar-refractivity contribution in [3.05, 3.63) is 0 Å². The Balaban J connectivity index is 1.85. The second-order valence-electron chi connectivity index (χ2n) is 6.29. The molecule has 1 saturated carbocycles. The van der Waals surface area contributed by atoms with Gasteiger partial charge < -0.3 is 10.2 Å². The summed E-state index contributed by atoms with van der Waals surface area (Å²) in [6.07, 6.45) is 8.69. The number of rotatable bonds is 3. The Morgan fingerprint density at radius 1 is 1.12 bits per heavy atom. The van der Waals surface area contributed by atoms with Gasteiger partial charge in [-0.1, -0.05) is 26.2 Å². The zero-order valence-electron chi connectivity index (χ0n) is 11.9. The normalized spacial score (nSPS) is 34.8. The molecule has 17 heavy (non-hydrogen) atoms. The first-order valence-corrected chi connectivity index (χ1v) is 7.63. The van der Waals surface area contributed by atoms with Crippen LogP contribution in [0, 0.1) is 11.8 Å². The predicted octanol–water partition coefficient (Wildman–Crippen LogP) is 2.89. The fourth-order valence-corrected chi connectivity index (χ4v) is 3.89. The molecule has 1 aliphatic carbocycles. The minimum Gasteiger partial charge on any atom is -0.317 e. The standard InChI is InChI=1S/C15H30N2/c1-12-11-17(10-9-15(12)16-3)13(2)14-7-5-4-6-8-14/h12-16H,4-11H2,1-3H3. The van der Waals surface area contributed by atoms with Crippen LogP contribution in [0.15, 0.2) is 0 Å². The van der Waals surface area contributed by atoms with Crippen molar-refractivity contribution in [2.24, 2.45) is 11.8 Å². The maximum atomic E-state index is 3.47. The fraction of sp³-hybridized carbons (Fsp3) is 1.00. The van der Waals surface area contributed by atoms with Crippen LogP contribution in [0.2, 0.25) is 0 Å². The molecule has 0 bridgehead atoms. The molecule has 3 unspecified atom stereocenters. The van der Waals surface area contributed by atoms with E-state index < -0.39 is 0 Å². The first-order valence-electron chi connectivity index (χ1n) is 7.63. The molecule has 1 N–H and O–H groups in total. The van der Waals surface area contributed by atoms with Crippen molar-refractivity contribution in [1.82, 2.24) is 10.2 Å². The van der Waals surface area contributed by atoms with Crippen molar-refractivity contribution in [2.45, 2.75) is 64.5 Å². The molecule has 0 aromatic heterocycles. The summed E-state index contributed by atoms with van der Waals surface area (Å²) in [5.41, 5.74) is 0. The highest BCUT2D eigenvalue weighted by molar-refractivity contribution is 4.87. The topological polar surface area (TPSA) is 15.3 Å². The van der Waals surface area contributed by atoms with Crippen LogP contribution in [-0.2, 0) is 0 Å². The number of likely N-dealkylation sites (tertiary alicyclic amines) is 1. The van der Waals surface area contributed by atoms with Crippen LogP contribution in [0.5, 0.6) is 0 Å². The Morgan fingerprint density at radius 3 is 2.41 bits per heavy atom. The Labute approximate surface area is 107 Å². The van der Waals surface area contributed by atoms with Gasteiger partial charge in [-0.05, 0) is 51.6 Å². The Morgan fingerprint density at radius 2 is 1.82 bits per heavy atom. The highest BCUT2D eigenvalue weighted by atomic mass is 15.2. The zero-order chi connectivity index (χ0) is 12.3. The van der Waals surface area contributed by atoms with Gasteiger partial charge in [0.2, 0.25) is 0 Å². The molecule has 2 heteroatoms. The van der Waals surface area contributed by atoms with Crippen LogP contribution in [-0.4, -0.2) is 37.1 Å². The van der Waals surface area contributed by atoms with Crippen molar-refractivity contribution >= 4 is 0 Å². The molecule has 0 radical (unpaired) electrons. The fourth-order valence-electron chi connectivity index (χ4n) is 3.89. The van der Waals surface area contributed by atoms with E-state index >= 15 is 0 Å². The summed E-state index contributed by atoms with van der Waals surface area (Å²) in [7, 11) is 2.11. The number of piperidine rings is 1. The van der Waals surface area contributed by atoms with Crippen LogP contribution < -0.4 is 5.32 Å². The molecule has 2 nitrogen and oxygen atoms in total. The van der Waals surface area contributed by atoms with Gasteiger partial charge in [0.15, 0.2) is 0 Å². The van der Waals surface area contributed by atoms with E-state index in [1.165, 1.54) is 51.6 Å². The van der Waals surface area contributed by atoms with Crippen LogP contribution in [0.4, 0.5) is 0 Å². The zero-order valence-corrected chi connectivity index (χ0v) is 11.9. The van der Waals surface area contributed by atoms with Gasteiger partial charge in [0.1, 0.15) is 0 Å². The van der Waals surface area contributed by atoms with Crippen LogP contribution in [0.25, 0.3) is 0 Å². The Hall–Kier alpha value is -0.0800. The number of nitrogens with zero attached hydrogens (tertiary/aromatic N) is 1. The van der Waals surface area contributed by atoms with E-state index in [1.54, 1.807) is 0 Å². The van der Waals surface area contributed by atoms with Gasteiger partial charge in [-0.25, -0.2) is 0 Å². The molecule has 2 aliphatic rings. The summed E-state index contributed by atoms with van der Waals surface area (Å²) in [6, 6.07) is 1.56. The van der Waals surface area contributed by atoms with E-state index in [-0.39, 0.29) is 0 Å². The van der Waals surface area contributed by atoms with E-state index in [4.69, 9.17) is 0 Å². The van der Waals surface area contributed by atoms with Crippen LogP contribution in [0.3, 0.4) is 0 Å². The van der Waals surface area contributed by atoms with Crippen LogP contribution in [0.1, 0.15) is 52.4 Å². The molecular weight excluding hydrogens is 208 g/mol. The van der Waals surface area contributed by atoms with Crippen molar-refractivity contribution < 1.29 is 0 Å². The lowest BCUT2D eigenvalue weighted by atomic mass is 9.82.